The van der Waals surface area contributed by atoms with Gasteiger partial charge < -0.3 is 13.9 Å². The van der Waals surface area contributed by atoms with Gasteiger partial charge in [0, 0.05) is 0 Å². The summed E-state index contributed by atoms with van der Waals surface area (Å²) in [5.74, 6) is 1.50. The SMILES string of the molecule is C=COCc1ccc(COC=C)o1. The molecule has 0 aliphatic carbocycles. The number of rotatable bonds is 6. The van der Waals surface area contributed by atoms with Gasteiger partial charge in [-0.1, -0.05) is 13.2 Å². The zero-order chi connectivity index (χ0) is 9.52. The summed E-state index contributed by atoms with van der Waals surface area (Å²) in [5, 5.41) is 0. The monoisotopic (exact) mass is 180 g/mol. The lowest BCUT2D eigenvalue weighted by molar-refractivity contribution is 0.185. The van der Waals surface area contributed by atoms with Crippen LogP contribution >= 0.6 is 0 Å². The fourth-order valence-corrected chi connectivity index (χ4v) is 0.860. The summed E-state index contributed by atoms with van der Waals surface area (Å²) in [4.78, 5) is 0. The maximum absolute atomic E-state index is 5.34. The van der Waals surface area contributed by atoms with E-state index in [2.05, 4.69) is 13.2 Å². The van der Waals surface area contributed by atoms with E-state index in [4.69, 9.17) is 13.9 Å². The Kier molecular flexibility index (Phi) is 3.70. The van der Waals surface area contributed by atoms with Crippen molar-refractivity contribution in [3.05, 3.63) is 49.3 Å². The highest BCUT2D eigenvalue weighted by molar-refractivity contribution is 5.05. The first-order valence-electron chi connectivity index (χ1n) is 3.89. The molecule has 0 unspecified atom stereocenters. The van der Waals surface area contributed by atoms with Crippen molar-refractivity contribution in [2.75, 3.05) is 0 Å². The van der Waals surface area contributed by atoms with E-state index in [9.17, 15) is 0 Å². The molecule has 1 heterocycles. The van der Waals surface area contributed by atoms with Gasteiger partial charge in [0.2, 0.25) is 0 Å². The molecule has 0 amide bonds. The fraction of sp³-hybridized carbons (Fsp3) is 0.200. The molecule has 1 aromatic heterocycles. The van der Waals surface area contributed by atoms with Gasteiger partial charge in [-0.15, -0.1) is 0 Å². The minimum Gasteiger partial charge on any atom is -0.494 e. The third-order valence-electron chi connectivity index (χ3n) is 1.40. The van der Waals surface area contributed by atoms with Crippen molar-refractivity contribution in [2.45, 2.75) is 13.2 Å². The minimum absolute atomic E-state index is 0.400. The van der Waals surface area contributed by atoms with E-state index < -0.39 is 0 Å². The van der Waals surface area contributed by atoms with Crippen molar-refractivity contribution in [1.29, 1.82) is 0 Å². The molecule has 3 heteroatoms. The lowest BCUT2D eigenvalue weighted by atomic mass is 10.4. The van der Waals surface area contributed by atoms with E-state index >= 15 is 0 Å². The summed E-state index contributed by atoms with van der Waals surface area (Å²) in [6.07, 6.45) is 2.75. The van der Waals surface area contributed by atoms with Crippen molar-refractivity contribution < 1.29 is 13.9 Å². The highest BCUT2D eigenvalue weighted by Gasteiger charge is 2.00. The number of hydrogen-bond acceptors (Lipinski definition) is 3. The second kappa shape index (κ2) is 5.09. The lowest BCUT2D eigenvalue weighted by Gasteiger charge is -1.97. The maximum Gasteiger partial charge on any atom is 0.145 e. The van der Waals surface area contributed by atoms with E-state index in [0.717, 1.165) is 11.5 Å². The summed E-state index contributed by atoms with van der Waals surface area (Å²) in [7, 11) is 0. The normalized spacial score (nSPS) is 9.23. The van der Waals surface area contributed by atoms with Gasteiger partial charge in [-0.3, -0.25) is 0 Å². The molecule has 0 radical (unpaired) electrons. The Morgan fingerprint density at radius 3 is 1.92 bits per heavy atom. The quantitative estimate of drug-likeness (QED) is 0.630. The molecule has 1 aromatic rings. The fourth-order valence-electron chi connectivity index (χ4n) is 0.860. The topological polar surface area (TPSA) is 31.6 Å². The van der Waals surface area contributed by atoms with Crippen LogP contribution in [0.15, 0.2) is 42.2 Å². The van der Waals surface area contributed by atoms with Crippen LogP contribution in [0.5, 0.6) is 0 Å². The predicted molar refractivity (Wildman–Crippen MR) is 48.7 cm³/mol. The molecular weight excluding hydrogens is 168 g/mol. The van der Waals surface area contributed by atoms with Crippen LogP contribution in [-0.4, -0.2) is 0 Å². The van der Waals surface area contributed by atoms with Crippen molar-refractivity contribution in [1.82, 2.24) is 0 Å². The average Bonchev–Trinajstić information content (AvgIpc) is 2.59. The molecule has 0 N–H and O–H groups in total. The molecule has 13 heavy (non-hydrogen) atoms. The van der Waals surface area contributed by atoms with E-state index in [-0.39, 0.29) is 0 Å². The summed E-state index contributed by atoms with van der Waals surface area (Å²) < 4.78 is 15.2. The molecule has 0 aromatic carbocycles. The van der Waals surface area contributed by atoms with Crippen LogP contribution in [0.4, 0.5) is 0 Å². The minimum atomic E-state index is 0.400. The molecule has 0 spiro atoms. The smallest absolute Gasteiger partial charge is 0.145 e. The molecule has 0 atom stereocenters. The largest absolute Gasteiger partial charge is 0.494 e. The number of furan rings is 1. The van der Waals surface area contributed by atoms with Crippen LogP contribution in [0.25, 0.3) is 0 Å². The third kappa shape index (κ3) is 3.07. The molecule has 0 aliphatic heterocycles. The molecule has 0 saturated heterocycles. The molecule has 0 fully saturated rings. The van der Waals surface area contributed by atoms with Gasteiger partial charge in [0.25, 0.3) is 0 Å². The summed E-state index contributed by atoms with van der Waals surface area (Å²) >= 11 is 0. The van der Waals surface area contributed by atoms with Gasteiger partial charge in [0.15, 0.2) is 0 Å². The van der Waals surface area contributed by atoms with Crippen molar-refractivity contribution in [2.24, 2.45) is 0 Å². The first-order valence-corrected chi connectivity index (χ1v) is 3.89. The van der Waals surface area contributed by atoms with Gasteiger partial charge in [-0.05, 0) is 12.1 Å². The maximum atomic E-state index is 5.34. The number of ether oxygens (including phenoxy) is 2. The molecule has 0 aliphatic rings. The Morgan fingerprint density at radius 1 is 1.08 bits per heavy atom. The van der Waals surface area contributed by atoms with Crippen LogP contribution in [-0.2, 0) is 22.7 Å². The lowest BCUT2D eigenvalue weighted by Crippen LogP contribution is -1.83. The highest BCUT2D eigenvalue weighted by atomic mass is 16.5. The first kappa shape index (κ1) is 9.45. The Hall–Kier alpha value is -1.64. The molecule has 1 rings (SSSR count). The Balaban J connectivity index is 2.43. The summed E-state index contributed by atoms with van der Waals surface area (Å²) in [5.41, 5.74) is 0. The van der Waals surface area contributed by atoms with Crippen LogP contribution in [0.2, 0.25) is 0 Å². The van der Waals surface area contributed by atoms with Crippen molar-refractivity contribution >= 4 is 0 Å². The van der Waals surface area contributed by atoms with Gasteiger partial charge >= 0.3 is 0 Å². The van der Waals surface area contributed by atoms with E-state index in [0.29, 0.717) is 13.2 Å². The van der Waals surface area contributed by atoms with Crippen LogP contribution in [0, 0.1) is 0 Å². The van der Waals surface area contributed by atoms with Crippen LogP contribution < -0.4 is 0 Å². The standard InChI is InChI=1S/C10H12O3/c1-3-11-7-9-5-6-10(13-9)8-12-4-2/h3-6H,1-2,7-8H2. The average molecular weight is 180 g/mol. The highest BCUT2D eigenvalue weighted by Crippen LogP contribution is 2.10. The van der Waals surface area contributed by atoms with Crippen LogP contribution in [0.1, 0.15) is 11.5 Å². The summed E-state index contributed by atoms with van der Waals surface area (Å²) in [6, 6.07) is 3.68. The Labute approximate surface area is 77.3 Å². The van der Waals surface area contributed by atoms with E-state index in [1.165, 1.54) is 12.5 Å². The molecule has 3 nitrogen and oxygen atoms in total. The zero-order valence-corrected chi connectivity index (χ0v) is 7.36. The van der Waals surface area contributed by atoms with Crippen molar-refractivity contribution in [3.8, 4) is 0 Å². The first-order chi connectivity index (χ1) is 6.36. The van der Waals surface area contributed by atoms with Gasteiger partial charge in [-0.2, -0.15) is 0 Å². The van der Waals surface area contributed by atoms with Gasteiger partial charge in [-0.25, -0.2) is 0 Å². The van der Waals surface area contributed by atoms with Gasteiger partial charge in [0.1, 0.15) is 24.7 Å². The predicted octanol–water partition coefficient (Wildman–Crippen LogP) is 2.60. The second-order valence-corrected chi connectivity index (χ2v) is 2.32. The van der Waals surface area contributed by atoms with Crippen LogP contribution in [0.3, 0.4) is 0 Å². The van der Waals surface area contributed by atoms with E-state index in [1.54, 1.807) is 0 Å². The summed E-state index contributed by atoms with van der Waals surface area (Å²) in [6.45, 7) is 7.66. The molecule has 70 valence electrons. The third-order valence-corrected chi connectivity index (χ3v) is 1.40. The Morgan fingerprint density at radius 2 is 1.54 bits per heavy atom. The van der Waals surface area contributed by atoms with E-state index in [1.807, 2.05) is 12.1 Å². The molecular formula is C10H12O3. The van der Waals surface area contributed by atoms with Crippen molar-refractivity contribution in [3.63, 3.8) is 0 Å². The van der Waals surface area contributed by atoms with Gasteiger partial charge in [0.05, 0.1) is 12.5 Å². The number of hydrogen-bond donors (Lipinski definition) is 0. The Bertz CT molecular complexity index is 249. The zero-order valence-electron chi connectivity index (χ0n) is 7.36. The second-order valence-electron chi connectivity index (χ2n) is 2.32. The molecule has 0 saturated carbocycles. The molecule has 0 bridgehead atoms.